The summed E-state index contributed by atoms with van der Waals surface area (Å²) in [7, 11) is 0. The lowest BCUT2D eigenvalue weighted by atomic mass is 9.88. The van der Waals surface area contributed by atoms with Crippen LogP contribution < -0.4 is 14.8 Å². The molecule has 3 rings (SSSR count). The van der Waals surface area contributed by atoms with E-state index in [2.05, 4.69) is 26.1 Å². The molecule has 0 unspecified atom stereocenters. The summed E-state index contributed by atoms with van der Waals surface area (Å²) < 4.78 is 10.7. The first-order valence-corrected chi connectivity index (χ1v) is 8.88. The molecule has 0 spiro atoms. The quantitative estimate of drug-likeness (QED) is 0.850. The minimum atomic E-state index is -1.32. The number of carbonyl (C=O) groups is 1. The van der Waals surface area contributed by atoms with Gasteiger partial charge in [0, 0.05) is 26.2 Å². The highest BCUT2D eigenvalue weighted by Crippen LogP contribution is 2.32. The molecule has 0 aromatic heterocycles. The molecule has 2 aliphatic rings. The first-order chi connectivity index (χ1) is 11.8. The summed E-state index contributed by atoms with van der Waals surface area (Å²) in [4.78, 5) is 14.5. The van der Waals surface area contributed by atoms with Crippen molar-refractivity contribution in [3.63, 3.8) is 0 Å². The van der Waals surface area contributed by atoms with Crippen LogP contribution in [0, 0.1) is 5.41 Å². The summed E-state index contributed by atoms with van der Waals surface area (Å²) in [6.07, 6.45) is 1.32. The highest BCUT2D eigenvalue weighted by atomic mass is 16.7. The molecule has 0 aliphatic carbocycles. The molecule has 6 heteroatoms. The van der Waals surface area contributed by atoms with Gasteiger partial charge < -0.3 is 24.8 Å². The summed E-state index contributed by atoms with van der Waals surface area (Å²) in [5.74, 6) is 1.33. The van der Waals surface area contributed by atoms with E-state index >= 15 is 0 Å². The number of hydrogen-bond donors (Lipinski definition) is 2. The molecule has 2 heterocycles. The Morgan fingerprint density at radius 2 is 2.04 bits per heavy atom. The van der Waals surface area contributed by atoms with Crippen LogP contribution in [0.1, 0.15) is 39.2 Å². The minimum absolute atomic E-state index is 0.0217. The van der Waals surface area contributed by atoms with Crippen LogP contribution in [0.5, 0.6) is 11.5 Å². The van der Waals surface area contributed by atoms with Crippen LogP contribution in [0.3, 0.4) is 0 Å². The number of nitrogens with one attached hydrogen (secondary N) is 1. The fourth-order valence-electron chi connectivity index (χ4n) is 3.42. The Kier molecular flexibility index (Phi) is 4.93. The SMILES string of the molecule is CC(C)(C)CN1CCC[C@](O)(CNCc2ccc3c(c2)OCO3)C1=O. The van der Waals surface area contributed by atoms with E-state index in [-0.39, 0.29) is 24.7 Å². The van der Waals surface area contributed by atoms with Gasteiger partial charge in [0.25, 0.3) is 5.91 Å². The number of amides is 1. The molecule has 0 bridgehead atoms. The van der Waals surface area contributed by atoms with Gasteiger partial charge in [0.2, 0.25) is 6.79 Å². The van der Waals surface area contributed by atoms with Crippen molar-refractivity contribution >= 4 is 5.91 Å². The predicted molar refractivity (Wildman–Crippen MR) is 94.5 cm³/mol. The smallest absolute Gasteiger partial charge is 0.255 e. The number of carbonyl (C=O) groups excluding carboxylic acids is 1. The first kappa shape index (κ1) is 18.0. The molecule has 1 fully saturated rings. The van der Waals surface area contributed by atoms with Gasteiger partial charge in [-0.3, -0.25) is 4.79 Å². The van der Waals surface area contributed by atoms with Crippen LogP contribution in [0.4, 0.5) is 0 Å². The Hall–Kier alpha value is -1.79. The van der Waals surface area contributed by atoms with Crippen LogP contribution in [0.25, 0.3) is 0 Å². The molecule has 2 aliphatic heterocycles. The molecule has 1 atom stereocenters. The van der Waals surface area contributed by atoms with Gasteiger partial charge in [0.1, 0.15) is 0 Å². The number of nitrogens with zero attached hydrogens (tertiary/aromatic N) is 1. The second-order valence-electron chi connectivity index (χ2n) is 8.21. The maximum atomic E-state index is 12.7. The van der Waals surface area contributed by atoms with Crippen molar-refractivity contribution in [1.29, 1.82) is 0 Å². The third-order valence-electron chi connectivity index (χ3n) is 4.55. The van der Waals surface area contributed by atoms with Crippen molar-refractivity contribution in [3.8, 4) is 11.5 Å². The predicted octanol–water partition coefficient (Wildman–Crippen LogP) is 1.90. The van der Waals surface area contributed by atoms with E-state index in [9.17, 15) is 9.90 Å². The Bertz CT molecular complexity index is 641. The maximum absolute atomic E-state index is 12.7. The van der Waals surface area contributed by atoms with Crippen molar-refractivity contribution in [2.75, 3.05) is 26.4 Å². The Labute approximate surface area is 149 Å². The summed E-state index contributed by atoms with van der Waals surface area (Å²) in [5.41, 5.74) is -0.268. The fourth-order valence-corrected chi connectivity index (χ4v) is 3.42. The lowest BCUT2D eigenvalue weighted by Gasteiger charge is -2.41. The number of rotatable bonds is 5. The maximum Gasteiger partial charge on any atom is 0.255 e. The average Bonchev–Trinajstić information content (AvgIpc) is 2.98. The Morgan fingerprint density at radius 1 is 1.28 bits per heavy atom. The molecular weight excluding hydrogens is 320 g/mol. The van der Waals surface area contributed by atoms with E-state index in [1.807, 2.05) is 18.2 Å². The van der Waals surface area contributed by atoms with Crippen molar-refractivity contribution in [2.45, 2.75) is 45.8 Å². The van der Waals surface area contributed by atoms with E-state index in [1.165, 1.54) is 0 Å². The molecule has 0 radical (unpaired) electrons. The molecule has 0 saturated carbocycles. The second kappa shape index (κ2) is 6.84. The Balaban J connectivity index is 1.57. The largest absolute Gasteiger partial charge is 0.454 e. The summed E-state index contributed by atoms with van der Waals surface area (Å²) in [6.45, 7) is 8.76. The van der Waals surface area contributed by atoms with E-state index in [1.54, 1.807) is 4.90 Å². The summed E-state index contributed by atoms with van der Waals surface area (Å²) in [6, 6.07) is 5.76. The highest BCUT2D eigenvalue weighted by Gasteiger charge is 2.42. The van der Waals surface area contributed by atoms with Gasteiger partial charge >= 0.3 is 0 Å². The van der Waals surface area contributed by atoms with Crippen LogP contribution >= 0.6 is 0 Å². The third kappa shape index (κ3) is 4.25. The molecule has 2 N–H and O–H groups in total. The molecular formula is C19H28N2O4. The Morgan fingerprint density at radius 3 is 2.80 bits per heavy atom. The van der Waals surface area contributed by atoms with Crippen LogP contribution in [-0.4, -0.2) is 47.9 Å². The van der Waals surface area contributed by atoms with Gasteiger partial charge in [0.15, 0.2) is 17.1 Å². The highest BCUT2D eigenvalue weighted by molar-refractivity contribution is 5.86. The van der Waals surface area contributed by atoms with E-state index in [4.69, 9.17) is 9.47 Å². The summed E-state index contributed by atoms with van der Waals surface area (Å²) >= 11 is 0. The van der Waals surface area contributed by atoms with E-state index in [0.29, 0.717) is 19.5 Å². The number of benzene rings is 1. The standard InChI is InChI=1S/C19H28N2O4/c1-18(2,3)12-21-8-4-7-19(23,17(21)22)11-20-10-14-5-6-15-16(9-14)25-13-24-15/h5-6,9,20,23H,4,7-8,10-13H2,1-3H3/t19-/m0/s1. The van der Waals surface area contributed by atoms with Gasteiger partial charge in [-0.2, -0.15) is 0 Å². The first-order valence-electron chi connectivity index (χ1n) is 8.88. The zero-order chi connectivity index (χ0) is 18.1. The number of fused-ring (bicyclic) bond motifs is 1. The molecule has 25 heavy (non-hydrogen) atoms. The van der Waals surface area contributed by atoms with E-state index < -0.39 is 5.60 Å². The van der Waals surface area contributed by atoms with Gasteiger partial charge in [-0.15, -0.1) is 0 Å². The fraction of sp³-hybridized carbons (Fsp3) is 0.632. The number of piperidine rings is 1. The zero-order valence-corrected chi connectivity index (χ0v) is 15.3. The summed E-state index contributed by atoms with van der Waals surface area (Å²) in [5, 5.41) is 14.1. The van der Waals surface area contributed by atoms with Crippen molar-refractivity contribution in [2.24, 2.45) is 5.41 Å². The van der Waals surface area contributed by atoms with Crippen molar-refractivity contribution in [1.82, 2.24) is 10.2 Å². The van der Waals surface area contributed by atoms with Gasteiger partial charge in [0.05, 0.1) is 0 Å². The number of hydrogen-bond acceptors (Lipinski definition) is 5. The van der Waals surface area contributed by atoms with Gasteiger partial charge in [-0.1, -0.05) is 26.8 Å². The van der Waals surface area contributed by atoms with Crippen molar-refractivity contribution in [3.05, 3.63) is 23.8 Å². The monoisotopic (exact) mass is 348 g/mol. The molecule has 6 nitrogen and oxygen atoms in total. The minimum Gasteiger partial charge on any atom is -0.454 e. The van der Waals surface area contributed by atoms with Crippen LogP contribution in [0.15, 0.2) is 18.2 Å². The normalized spacial score (nSPS) is 23.2. The van der Waals surface area contributed by atoms with Gasteiger partial charge in [-0.05, 0) is 36.0 Å². The van der Waals surface area contributed by atoms with E-state index in [0.717, 1.165) is 30.0 Å². The average molecular weight is 348 g/mol. The zero-order valence-electron chi connectivity index (χ0n) is 15.3. The lowest BCUT2D eigenvalue weighted by Crippen LogP contribution is -2.59. The number of ether oxygens (including phenoxy) is 2. The molecule has 1 saturated heterocycles. The molecule has 1 amide bonds. The lowest BCUT2D eigenvalue weighted by molar-refractivity contribution is -0.158. The third-order valence-corrected chi connectivity index (χ3v) is 4.55. The molecule has 1 aromatic carbocycles. The molecule has 138 valence electrons. The molecule has 1 aromatic rings. The van der Waals surface area contributed by atoms with Crippen LogP contribution in [-0.2, 0) is 11.3 Å². The van der Waals surface area contributed by atoms with Gasteiger partial charge in [-0.25, -0.2) is 0 Å². The van der Waals surface area contributed by atoms with Crippen molar-refractivity contribution < 1.29 is 19.4 Å². The number of aliphatic hydroxyl groups is 1. The second-order valence-corrected chi connectivity index (χ2v) is 8.21. The number of likely N-dealkylation sites (tertiary alicyclic amines) is 1. The van der Waals surface area contributed by atoms with Crippen LogP contribution in [0.2, 0.25) is 0 Å². The topological polar surface area (TPSA) is 71.0 Å².